The minimum Gasteiger partial charge on any atom is -0.373 e. The van der Waals surface area contributed by atoms with Crippen LogP contribution < -0.4 is 15.5 Å². The van der Waals surface area contributed by atoms with Crippen molar-refractivity contribution in [3.63, 3.8) is 0 Å². The summed E-state index contributed by atoms with van der Waals surface area (Å²) in [5.74, 6) is 2.14. The Balaban J connectivity index is 1.30. The number of hydrogen-bond donors (Lipinski definition) is 2. The highest BCUT2D eigenvalue weighted by Crippen LogP contribution is 2.27. The van der Waals surface area contributed by atoms with Gasteiger partial charge >= 0.3 is 0 Å². The van der Waals surface area contributed by atoms with Gasteiger partial charge in [0.2, 0.25) is 11.9 Å². The number of hydrogen-bond acceptors (Lipinski definition) is 6. The van der Waals surface area contributed by atoms with Crippen LogP contribution in [0.15, 0.2) is 12.3 Å². The van der Waals surface area contributed by atoms with E-state index >= 15 is 0 Å². The van der Waals surface area contributed by atoms with Gasteiger partial charge in [0.15, 0.2) is 0 Å². The van der Waals surface area contributed by atoms with Crippen molar-refractivity contribution >= 4 is 17.7 Å². The number of aromatic nitrogens is 2. The van der Waals surface area contributed by atoms with Crippen LogP contribution in [-0.4, -0.2) is 66.1 Å². The molecule has 2 saturated heterocycles. The van der Waals surface area contributed by atoms with E-state index < -0.39 is 0 Å². The first-order chi connectivity index (χ1) is 12.7. The Kier molecular flexibility index (Phi) is 5.24. The van der Waals surface area contributed by atoms with Gasteiger partial charge in [-0.15, -0.1) is 0 Å². The molecule has 2 N–H and O–H groups in total. The van der Waals surface area contributed by atoms with Crippen LogP contribution in [0.2, 0.25) is 0 Å². The largest absolute Gasteiger partial charge is 0.373 e. The molecule has 3 heterocycles. The highest BCUT2D eigenvalue weighted by Gasteiger charge is 2.34. The van der Waals surface area contributed by atoms with E-state index in [1.165, 1.54) is 0 Å². The molecule has 0 spiro atoms. The van der Waals surface area contributed by atoms with E-state index in [0.717, 1.165) is 76.5 Å². The van der Waals surface area contributed by atoms with Gasteiger partial charge in [0.1, 0.15) is 5.82 Å². The van der Waals surface area contributed by atoms with Gasteiger partial charge in [-0.2, -0.15) is 4.98 Å². The Morgan fingerprint density at radius 3 is 2.69 bits per heavy atom. The van der Waals surface area contributed by atoms with Crippen LogP contribution in [0.1, 0.15) is 38.5 Å². The molecule has 7 heteroatoms. The Labute approximate surface area is 155 Å². The van der Waals surface area contributed by atoms with Gasteiger partial charge in [0.25, 0.3) is 0 Å². The molecule has 0 radical (unpaired) electrons. The standard InChI is InChI=1S/C19H30N6O/c1-20-17-6-9-21-19(23-17)24-11-7-16(8-12-24)25-10-2-3-14(13-25)18(26)22-15-4-5-15/h6,9,14-16H,2-5,7-8,10-13H2,1H3,(H,22,26)(H,20,21,23)/t14-/m0/s1. The van der Waals surface area contributed by atoms with Gasteiger partial charge in [-0.25, -0.2) is 4.98 Å². The molecular weight excluding hydrogens is 328 g/mol. The number of piperidine rings is 2. The molecule has 0 bridgehead atoms. The highest BCUT2D eigenvalue weighted by molar-refractivity contribution is 5.79. The number of rotatable bonds is 5. The van der Waals surface area contributed by atoms with Crippen molar-refractivity contribution < 1.29 is 4.79 Å². The summed E-state index contributed by atoms with van der Waals surface area (Å²) >= 11 is 0. The first kappa shape index (κ1) is 17.5. The third kappa shape index (κ3) is 4.09. The van der Waals surface area contributed by atoms with Gasteiger partial charge in [-0.3, -0.25) is 9.69 Å². The zero-order chi connectivity index (χ0) is 17.9. The van der Waals surface area contributed by atoms with E-state index in [0.29, 0.717) is 12.1 Å². The molecule has 1 amide bonds. The first-order valence-electron chi connectivity index (χ1n) is 10.0. The van der Waals surface area contributed by atoms with Crippen molar-refractivity contribution in [3.8, 4) is 0 Å². The second-order valence-electron chi connectivity index (χ2n) is 7.83. The summed E-state index contributed by atoms with van der Waals surface area (Å²) in [4.78, 5) is 26.2. The smallest absolute Gasteiger partial charge is 0.227 e. The molecule has 2 aliphatic heterocycles. The van der Waals surface area contributed by atoms with Crippen molar-refractivity contribution in [1.29, 1.82) is 0 Å². The summed E-state index contributed by atoms with van der Waals surface area (Å²) in [6.45, 7) is 4.01. The molecule has 1 saturated carbocycles. The molecule has 7 nitrogen and oxygen atoms in total. The summed E-state index contributed by atoms with van der Waals surface area (Å²) in [7, 11) is 1.88. The minimum absolute atomic E-state index is 0.179. The van der Waals surface area contributed by atoms with Gasteiger partial charge in [-0.05, 0) is 51.1 Å². The monoisotopic (exact) mass is 358 g/mol. The van der Waals surface area contributed by atoms with E-state index in [9.17, 15) is 4.79 Å². The second kappa shape index (κ2) is 7.78. The highest BCUT2D eigenvalue weighted by atomic mass is 16.2. The van der Waals surface area contributed by atoms with Gasteiger partial charge in [-0.1, -0.05) is 0 Å². The van der Waals surface area contributed by atoms with Crippen LogP contribution in [0.4, 0.5) is 11.8 Å². The van der Waals surface area contributed by atoms with Crippen LogP contribution >= 0.6 is 0 Å². The fraction of sp³-hybridized carbons (Fsp3) is 0.737. The van der Waals surface area contributed by atoms with Crippen molar-refractivity contribution in [2.45, 2.75) is 50.6 Å². The van der Waals surface area contributed by atoms with E-state index in [1.807, 2.05) is 19.3 Å². The summed E-state index contributed by atoms with van der Waals surface area (Å²) in [6.07, 6.45) is 8.55. The summed E-state index contributed by atoms with van der Waals surface area (Å²) < 4.78 is 0. The lowest BCUT2D eigenvalue weighted by Crippen LogP contribution is -2.51. The quantitative estimate of drug-likeness (QED) is 0.831. The fourth-order valence-electron chi connectivity index (χ4n) is 4.17. The van der Waals surface area contributed by atoms with Crippen molar-refractivity contribution in [1.82, 2.24) is 20.2 Å². The SMILES string of the molecule is CNc1ccnc(N2CCC(N3CCC[C@H](C(=O)NC4CC4)C3)CC2)n1. The second-order valence-corrected chi connectivity index (χ2v) is 7.83. The molecule has 3 fully saturated rings. The zero-order valence-electron chi connectivity index (χ0n) is 15.7. The Morgan fingerprint density at radius 2 is 1.96 bits per heavy atom. The number of amides is 1. The number of nitrogens with one attached hydrogen (secondary N) is 2. The lowest BCUT2D eigenvalue weighted by Gasteiger charge is -2.42. The molecule has 142 valence electrons. The van der Waals surface area contributed by atoms with Crippen LogP contribution in [0, 0.1) is 5.92 Å². The first-order valence-corrected chi connectivity index (χ1v) is 10.0. The molecule has 1 aromatic rings. The number of carbonyl (C=O) groups is 1. The fourth-order valence-corrected chi connectivity index (χ4v) is 4.17. The molecule has 1 atom stereocenters. The van der Waals surface area contributed by atoms with Crippen molar-refractivity contribution in [3.05, 3.63) is 12.3 Å². The van der Waals surface area contributed by atoms with Gasteiger partial charge < -0.3 is 15.5 Å². The third-order valence-electron chi connectivity index (χ3n) is 5.91. The lowest BCUT2D eigenvalue weighted by molar-refractivity contribution is -0.127. The predicted octanol–water partition coefficient (Wildman–Crippen LogP) is 1.48. The number of nitrogens with zero attached hydrogens (tertiary/aromatic N) is 4. The third-order valence-corrected chi connectivity index (χ3v) is 5.91. The molecular formula is C19H30N6O. The topological polar surface area (TPSA) is 73.4 Å². The predicted molar refractivity (Wildman–Crippen MR) is 102 cm³/mol. The molecule has 3 aliphatic rings. The maximum atomic E-state index is 12.4. The van der Waals surface area contributed by atoms with Crippen molar-refractivity contribution in [2.75, 3.05) is 43.4 Å². The molecule has 26 heavy (non-hydrogen) atoms. The van der Waals surface area contributed by atoms with E-state index in [-0.39, 0.29) is 11.8 Å². The molecule has 1 aliphatic carbocycles. The van der Waals surface area contributed by atoms with Crippen LogP contribution in [-0.2, 0) is 4.79 Å². The Hall–Kier alpha value is -1.89. The van der Waals surface area contributed by atoms with Crippen LogP contribution in [0.25, 0.3) is 0 Å². The molecule has 0 aromatic carbocycles. The normalized spacial score (nSPS) is 25.1. The van der Waals surface area contributed by atoms with Gasteiger partial charge in [0, 0.05) is 45.0 Å². The number of likely N-dealkylation sites (tertiary alicyclic amines) is 1. The maximum absolute atomic E-state index is 12.4. The lowest BCUT2D eigenvalue weighted by atomic mass is 9.93. The summed E-state index contributed by atoms with van der Waals surface area (Å²) in [5, 5.41) is 6.27. The average Bonchev–Trinajstić information content (AvgIpc) is 3.52. The summed E-state index contributed by atoms with van der Waals surface area (Å²) in [5.41, 5.74) is 0. The summed E-state index contributed by atoms with van der Waals surface area (Å²) in [6, 6.07) is 2.93. The molecule has 1 aromatic heterocycles. The Bertz CT molecular complexity index is 626. The van der Waals surface area contributed by atoms with E-state index in [2.05, 4.69) is 30.4 Å². The Morgan fingerprint density at radius 1 is 1.15 bits per heavy atom. The molecule has 4 rings (SSSR count). The van der Waals surface area contributed by atoms with E-state index in [1.54, 1.807) is 0 Å². The maximum Gasteiger partial charge on any atom is 0.227 e. The molecule has 0 unspecified atom stereocenters. The number of carbonyl (C=O) groups excluding carboxylic acids is 1. The van der Waals surface area contributed by atoms with Crippen molar-refractivity contribution in [2.24, 2.45) is 5.92 Å². The van der Waals surface area contributed by atoms with Crippen LogP contribution in [0.3, 0.4) is 0 Å². The van der Waals surface area contributed by atoms with Gasteiger partial charge in [0.05, 0.1) is 5.92 Å². The minimum atomic E-state index is 0.179. The van der Waals surface area contributed by atoms with E-state index in [4.69, 9.17) is 0 Å². The number of anilines is 2. The average molecular weight is 358 g/mol. The van der Waals surface area contributed by atoms with Crippen LogP contribution in [0.5, 0.6) is 0 Å². The zero-order valence-corrected chi connectivity index (χ0v) is 15.7.